The lowest BCUT2D eigenvalue weighted by Gasteiger charge is -2.28. The van der Waals surface area contributed by atoms with Crippen molar-refractivity contribution in [2.75, 3.05) is 0 Å². The number of ether oxygens (including phenoxy) is 1. The van der Waals surface area contributed by atoms with E-state index in [-0.39, 0.29) is 11.8 Å². The minimum Gasteiger partial charge on any atom is -0.479 e. The van der Waals surface area contributed by atoms with E-state index >= 15 is 0 Å². The number of nitrogens with zero attached hydrogens (tertiary/aromatic N) is 3. The topological polar surface area (TPSA) is 53.1 Å². The molecule has 0 amide bonds. The van der Waals surface area contributed by atoms with Gasteiger partial charge in [-0.3, -0.25) is 4.57 Å². The number of fused-ring (bicyclic) bond motifs is 17. The smallest absolute Gasteiger partial charge is 0.165 e. The molecule has 3 atom stereocenters. The Hall–Kier alpha value is -7.28. The SMILES string of the molecule is c1ccc2c(c1)-c1c(n(-c3nc4c(nc3-c3cccc5c3oc3ccccc35)sc3cc5ccccc5cc34)c3ccccc13)C13Oc4cc5ccccc5cc4C1[C@H]23. The van der Waals surface area contributed by atoms with E-state index in [0.29, 0.717) is 0 Å². The minimum absolute atomic E-state index is 0.139. The number of thiophene rings is 1. The van der Waals surface area contributed by atoms with Crippen LogP contribution >= 0.6 is 11.3 Å². The molecule has 0 bridgehead atoms. The van der Waals surface area contributed by atoms with Crippen molar-refractivity contribution in [3.8, 4) is 34.0 Å². The summed E-state index contributed by atoms with van der Waals surface area (Å²) in [4.78, 5) is 12.4. The van der Waals surface area contributed by atoms with Crippen molar-refractivity contribution in [1.29, 1.82) is 0 Å². The molecule has 4 aromatic heterocycles. The maximum atomic E-state index is 7.52. The van der Waals surface area contributed by atoms with Crippen molar-refractivity contribution in [2.24, 2.45) is 0 Å². The van der Waals surface area contributed by atoms with Gasteiger partial charge in [0.15, 0.2) is 11.4 Å². The van der Waals surface area contributed by atoms with Crippen LogP contribution in [0.2, 0.25) is 0 Å². The second-order valence-corrected chi connectivity index (χ2v) is 17.4. The third-order valence-electron chi connectivity index (χ3n) is 13.5. The van der Waals surface area contributed by atoms with Crippen LogP contribution in [0.3, 0.4) is 0 Å². The predicted molar refractivity (Wildman–Crippen MR) is 239 cm³/mol. The molecule has 5 heterocycles. The van der Waals surface area contributed by atoms with Crippen LogP contribution in [-0.2, 0) is 5.60 Å². The Balaban J connectivity index is 1.10. The van der Waals surface area contributed by atoms with E-state index in [1.165, 1.54) is 53.9 Å². The summed E-state index contributed by atoms with van der Waals surface area (Å²) in [6.07, 6.45) is 0. The molecule has 5 nitrogen and oxygen atoms in total. The largest absolute Gasteiger partial charge is 0.479 e. The molecule has 3 aliphatic rings. The Morgan fingerprint density at radius 3 is 2.12 bits per heavy atom. The molecule has 0 saturated heterocycles. The first-order chi connectivity index (χ1) is 29.2. The number of hydrogen-bond acceptors (Lipinski definition) is 5. The lowest BCUT2D eigenvalue weighted by atomic mass is 9.86. The highest BCUT2D eigenvalue weighted by Gasteiger charge is 2.77. The molecule has 2 unspecified atom stereocenters. The van der Waals surface area contributed by atoms with Crippen LogP contribution in [0.5, 0.6) is 5.75 Å². The Labute approximate surface area is 340 Å². The summed E-state index contributed by atoms with van der Waals surface area (Å²) in [5, 5.41) is 9.24. The third kappa shape index (κ3) is 3.77. The number of benzene rings is 8. The summed E-state index contributed by atoms with van der Waals surface area (Å²) < 4.78 is 17.9. The molecule has 1 fully saturated rings. The van der Waals surface area contributed by atoms with E-state index in [4.69, 9.17) is 19.1 Å². The molecular formula is C53H29N3O2S. The number of hydrogen-bond donors (Lipinski definition) is 0. The lowest BCUT2D eigenvalue weighted by molar-refractivity contribution is 0.178. The Morgan fingerprint density at radius 2 is 1.24 bits per heavy atom. The van der Waals surface area contributed by atoms with Gasteiger partial charge in [0.1, 0.15) is 33.0 Å². The molecule has 59 heavy (non-hydrogen) atoms. The third-order valence-corrected chi connectivity index (χ3v) is 14.5. The number of aromatic nitrogens is 3. The molecule has 2 aliphatic carbocycles. The maximum absolute atomic E-state index is 7.52. The summed E-state index contributed by atoms with van der Waals surface area (Å²) in [5.41, 5.74) is 10.9. The van der Waals surface area contributed by atoms with Crippen LogP contribution in [0.15, 0.2) is 168 Å². The van der Waals surface area contributed by atoms with Gasteiger partial charge in [-0.2, -0.15) is 0 Å². The van der Waals surface area contributed by atoms with Crippen LogP contribution in [-0.4, -0.2) is 14.5 Å². The second-order valence-electron chi connectivity index (χ2n) is 16.4. The van der Waals surface area contributed by atoms with Gasteiger partial charge in [0.05, 0.1) is 11.2 Å². The highest BCUT2D eigenvalue weighted by molar-refractivity contribution is 7.25. The molecule has 15 rings (SSSR count). The average molecular weight is 772 g/mol. The van der Waals surface area contributed by atoms with Gasteiger partial charge in [-0.1, -0.05) is 121 Å². The van der Waals surface area contributed by atoms with Gasteiger partial charge in [0.25, 0.3) is 0 Å². The summed E-state index contributed by atoms with van der Waals surface area (Å²) in [6.45, 7) is 0. The second kappa shape index (κ2) is 10.6. The first-order valence-electron chi connectivity index (χ1n) is 20.2. The van der Waals surface area contributed by atoms with Crippen molar-refractivity contribution >= 4 is 86.2 Å². The van der Waals surface area contributed by atoms with Gasteiger partial charge in [-0.15, -0.1) is 11.3 Å². The summed E-state index contributed by atoms with van der Waals surface area (Å²) in [5.74, 6) is 2.03. The zero-order chi connectivity index (χ0) is 38.1. The van der Waals surface area contributed by atoms with E-state index in [1.54, 1.807) is 11.3 Å². The molecule has 1 aliphatic heterocycles. The quantitative estimate of drug-likeness (QED) is 0.176. The number of para-hydroxylation sites is 3. The van der Waals surface area contributed by atoms with E-state index in [1.807, 2.05) is 12.1 Å². The fourth-order valence-electron chi connectivity index (χ4n) is 11.0. The maximum Gasteiger partial charge on any atom is 0.165 e. The van der Waals surface area contributed by atoms with Crippen molar-refractivity contribution in [3.63, 3.8) is 0 Å². The highest BCUT2D eigenvalue weighted by Crippen LogP contribution is 2.80. The fraction of sp³-hybridized carbons (Fsp3) is 0.0566. The number of rotatable bonds is 2. The Bertz CT molecular complexity index is 3870. The molecule has 0 N–H and O–H groups in total. The van der Waals surface area contributed by atoms with Crippen LogP contribution in [0.25, 0.3) is 103 Å². The van der Waals surface area contributed by atoms with Crippen molar-refractivity contribution < 1.29 is 9.15 Å². The van der Waals surface area contributed by atoms with E-state index in [2.05, 4.69) is 156 Å². The molecule has 12 aromatic rings. The van der Waals surface area contributed by atoms with Gasteiger partial charge < -0.3 is 9.15 Å². The molecule has 1 spiro atoms. The summed E-state index contributed by atoms with van der Waals surface area (Å²) in [7, 11) is 0. The first kappa shape index (κ1) is 30.8. The Morgan fingerprint density at radius 1 is 0.559 bits per heavy atom. The fourth-order valence-corrected chi connectivity index (χ4v) is 12.1. The van der Waals surface area contributed by atoms with E-state index in [0.717, 1.165) is 71.7 Å². The van der Waals surface area contributed by atoms with Crippen LogP contribution in [0.4, 0.5) is 0 Å². The first-order valence-corrected chi connectivity index (χ1v) is 21.0. The Kier molecular flexibility index (Phi) is 5.54. The lowest BCUT2D eigenvalue weighted by Crippen LogP contribution is -2.25. The van der Waals surface area contributed by atoms with Crippen molar-refractivity contribution in [2.45, 2.75) is 17.4 Å². The van der Waals surface area contributed by atoms with Gasteiger partial charge >= 0.3 is 0 Å². The predicted octanol–water partition coefficient (Wildman–Crippen LogP) is 13.8. The van der Waals surface area contributed by atoms with Gasteiger partial charge in [-0.25, -0.2) is 9.97 Å². The molecule has 1 saturated carbocycles. The standard InChI is InChI=1S/C53H29N3O2S/c1-3-14-30-26-42-38(24-28(30)12-1)46-45-34-18-6-5-17-33(34)44-36-19-7-9-22-40(36)56(50(44)53(45,46)58-42)51-47(37-21-11-20-35-32-16-8-10-23-41(32)57-49(35)37)55-52-48(54-51)39-25-29-13-2-4-15-31(29)27-43(39)59-52/h1-27,45-46H/t45-,46?,53?/m0/s1. The molecule has 0 radical (unpaired) electrons. The van der Waals surface area contributed by atoms with Crippen LogP contribution in [0, 0.1) is 0 Å². The van der Waals surface area contributed by atoms with Gasteiger partial charge in [-0.05, 0) is 75.1 Å². The van der Waals surface area contributed by atoms with E-state index in [9.17, 15) is 0 Å². The zero-order valence-corrected chi connectivity index (χ0v) is 32.1. The van der Waals surface area contributed by atoms with E-state index < -0.39 is 5.60 Å². The van der Waals surface area contributed by atoms with Crippen molar-refractivity contribution in [3.05, 3.63) is 181 Å². The zero-order valence-electron chi connectivity index (χ0n) is 31.3. The monoisotopic (exact) mass is 771 g/mol. The van der Waals surface area contributed by atoms with Gasteiger partial charge in [0, 0.05) is 54.8 Å². The highest BCUT2D eigenvalue weighted by atomic mass is 32.1. The summed E-state index contributed by atoms with van der Waals surface area (Å²) >= 11 is 1.70. The van der Waals surface area contributed by atoms with Crippen LogP contribution < -0.4 is 4.74 Å². The van der Waals surface area contributed by atoms with Crippen molar-refractivity contribution in [1.82, 2.24) is 14.5 Å². The molecule has 6 heteroatoms. The number of furan rings is 1. The summed E-state index contributed by atoms with van der Waals surface area (Å²) in [6, 6.07) is 58.9. The molecule has 8 aromatic carbocycles. The van der Waals surface area contributed by atoms with Gasteiger partial charge in [0.2, 0.25) is 0 Å². The minimum atomic E-state index is -0.630. The van der Waals surface area contributed by atoms with Crippen LogP contribution in [0.1, 0.15) is 28.7 Å². The molecular weight excluding hydrogens is 743 g/mol. The normalized spacial score (nSPS) is 18.7. The average Bonchev–Trinajstić information content (AvgIpc) is 3.63. The molecule has 274 valence electrons.